The van der Waals surface area contributed by atoms with Crippen molar-refractivity contribution in [1.29, 1.82) is 0 Å². The van der Waals surface area contributed by atoms with Gasteiger partial charge in [0.1, 0.15) is 0 Å². The van der Waals surface area contributed by atoms with Crippen molar-refractivity contribution in [2.24, 2.45) is 0 Å². The van der Waals surface area contributed by atoms with Crippen molar-refractivity contribution in [1.82, 2.24) is 0 Å². The monoisotopic (exact) mass is 302 g/mol. The summed E-state index contributed by atoms with van der Waals surface area (Å²) >= 11 is 0. The zero-order valence-corrected chi connectivity index (χ0v) is 12.6. The standard InChI is InChI=1S/C18H22O4/c19-11-5-13-21-17-10-4-9-16(15-7-2-1-3-8-15)18(17)22-14-6-12-20/h1-4,7-10,19-20H,5-6,11-14H2. The van der Waals surface area contributed by atoms with E-state index in [1.54, 1.807) is 0 Å². The summed E-state index contributed by atoms with van der Waals surface area (Å²) in [6.07, 6.45) is 1.14. The molecule has 0 spiro atoms. The van der Waals surface area contributed by atoms with Gasteiger partial charge in [0.2, 0.25) is 0 Å². The molecule has 2 N–H and O–H groups in total. The first kappa shape index (κ1) is 16.3. The molecule has 0 atom stereocenters. The minimum atomic E-state index is 0.0915. The van der Waals surface area contributed by atoms with Gasteiger partial charge in [0, 0.05) is 31.6 Å². The van der Waals surface area contributed by atoms with E-state index in [2.05, 4.69) is 0 Å². The van der Waals surface area contributed by atoms with E-state index in [1.807, 2.05) is 48.5 Å². The molecule has 2 aromatic carbocycles. The number of aliphatic hydroxyl groups is 2. The smallest absolute Gasteiger partial charge is 0.168 e. The summed E-state index contributed by atoms with van der Waals surface area (Å²) in [6.45, 7) is 1.05. The Morgan fingerprint density at radius 1 is 0.727 bits per heavy atom. The maximum Gasteiger partial charge on any atom is 0.168 e. The fourth-order valence-corrected chi connectivity index (χ4v) is 2.11. The molecule has 0 amide bonds. The van der Waals surface area contributed by atoms with E-state index < -0.39 is 0 Å². The second kappa shape index (κ2) is 9.07. The van der Waals surface area contributed by atoms with Gasteiger partial charge in [-0.1, -0.05) is 42.5 Å². The van der Waals surface area contributed by atoms with Crippen molar-refractivity contribution in [3.63, 3.8) is 0 Å². The van der Waals surface area contributed by atoms with Crippen molar-refractivity contribution in [3.8, 4) is 22.6 Å². The molecular formula is C18H22O4. The fraction of sp³-hybridized carbons (Fsp3) is 0.333. The van der Waals surface area contributed by atoms with Crippen LogP contribution in [-0.4, -0.2) is 36.6 Å². The second-order valence-electron chi connectivity index (χ2n) is 4.85. The summed E-state index contributed by atoms with van der Waals surface area (Å²) in [5.74, 6) is 1.34. The Bertz CT molecular complexity index is 554. The first-order valence-electron chi connectivity index (χ1n) is 7.52. The minimum Gasteiger partial charge on any atom is -0.490 e. The summed E-state index contributed by atoms with van der Waals surface area (Å²) in [6, 6.07) is 15.7. The maximum absolute atomic E-state index is 8.93. The van der Waals surface area contributed by atoms with Crippen molar-refractivity contribution in [2.75, 3.05) is 26.4 Å². The first-order chi connectivity index (χ1) is 10.9. The third kappa shape index (κ3) is 4.48. The van der Waals surface area contributed by atoms with Gasteiger partial charge in [-0.2, -0.15) is 0 Å². The molecule has 0 saturated heterocycles. The van der Waals surface area contributed by atoms with Crippen LogP contribution in [0.3, 0.4) is 0 Å². The van der Waals surface area contributed by atoms with E-state index in [9.17, 15) is 0 Å². The Morgan fingerprint density at radius 2 is 1.41 bits per heavy atom. The van der Waals surface area contributed by atoms with Crippen LogP contribution in [0.5, 0.6) is 11.5 Å². The van der Waals surface area contributed by atoms with Gasteiger partial charge in [0.15, 0.2) is 11.5 Å². The van der Waals surface area contributed by atoms with Crippen LogP contribution in [0.4, 0.5) is 0 Å². The highest BCUT2D eigenvalue weighted by Gasteiger charge is 2.12. The quantitative estimate of drug-likeness (QED) is 0.699. The Kier molecular flexibility index (Phi) is 6.74. The number of para-hydroxylation sites is 1. The molecule has 118 valence electrons. The number of benzene rings is 2. The molecule has 0 aromatic heterocycles. The molecule has 0 heterocycles. The van der Waals surface area contributed by atoms with Crippen LogP contribution in [-0.2, 0) is 0 Å². The van der Waals surface area contributed by atoms with Crippen molar-refractivity contribution >= 4 is 0 Å². The average Bonchev–Trinajstić information content (AvgIpc) is 2.57. The van der Waals surface area contributed by atoms with E-state index in [4.69, 9.17) is 19.7 Å². The third-order valence-electron chi connectivity index (χ3n) is 3.17. The summed E-state index contributed by atoms with van der Waals surface area (Å²) in [4.78, 5) is 0. The molecular weight excluding hydrogens is 280 g/mol. The Hall–Kier alpha value is -2.04. The summed E-state index contributed by atoms with van der Waals surface area (Å²) in [7, 11) is 0. The highest BCUT2D eigenvalue weighted by molar-refractivity contribution is 5.73. The third-order valence-corrected chi connectivity index (χ3v) is 3.17. The van der Waals surface area contributed by atoms with E-state index in [1.165, 1.54) is 0 Å². The summed E-state index contributed by atoms with van der Waals surface area (Å²) < 4.78 is 11.6. The van der Waals surface area contributed by atoms with Crippen molar-refractivity contribution in [3.05, 3.63) is 48.5 Å². The fourth-order valence-electron chi connectivity index (χ4n) is 2.11. The number of hydrogen-bond donors (Lipinski definition) is 2. The molecule has 2 aromatic rings. The van der Waals surface area contributed by atoms with E-state index in [0.29, 0.717) is 37.6 Å². The zero-order chi connectivity index (χ0) is 15.6. The highest BCUT2D eigenvalue weighted by Crippen LogP contribution is 2.38. The number of hydrogen-bond acceptors (Lipinski definition) is 4. The van der Waals surface area contributed by atoms with Crippen LogP contribution >= 0.6 is 0 Å². The van der Waals surface area contributed by atoms with Gasteiger partial charge in [0.25, 0.3) is 0 Å². The predicted molar refractivity (Wildman–Crippen MR) is 86.3 cm³/mol. The normalized spacial score (nSPS) is 10.5. The van der Waals surface area contributed by atoms with Gasteiger partial charge < -0.3 is 19.7 Å². The van der Waals surface area contributed by atoms with Gasteiger partial charge >= 0.3 is 0 Å². The lowest BCUT2D eigenvalue weighted by Crippen LogP contribution is -2.05. The van der Waals surface area contributed by atoms with Crippen molar-refractivity contribution in [2.45, 2.75) is 12.8 Å². The van der Waals surface area contributed by atoms with Crippen LogP contribution in [0.1, 0.15) is 12.8 Å². The number of rotatable bonds is 9. The molecule has 4 nitrogen and oxygen atoms in total. The number of ether oxygens (including phenoxy) is 2. The molecule has 0 fully saturated rings. The van der Waals surface area contributed by atoms with Gasteiger partial charge in [-0.25, -0.2) is 0 Å². The van der Waals surface area contributed by atoms with E-state index in [-0.39, 0.29) is 13.2 Å². The van der Waals surface area contributed by atoms with E-state index in [0.717, 1.165) is 11.1 Å². The molecule has 2 rings (SSSR count). The van der Waals surface area contributed by atoms with Crippen LogP contribution in [0, 0.1) is 0 Å². The van der Waals surface area contributed by atoms with Crippen molar-refractivity contribution < 1.29 is 19.7 Å². The first-order valence-corrected chi connectivity index (χ1v) is 7.52. The molecule has 0 aliphatic carbocycles. The van der Waals surface area contributed by atoms with E-state index >= 15 is 0 Å². The molecule has 0 aliphatic heterocycles. The average molecular weight is 302 g/mol. The van der Waals surface area contributed by atoms with Crippen LogP contribution in [0.25, 0.3) is 11.1 Å². The van der Waals surface area contributed by atoms with Crippen LogP contribution in [0.15, 0.2) is 48.5 Å². The summed E-state index contributed by atoms with van der Waals surface area (Å²) in [5, 5.41) is 17.8. The number of aliphatic hydroxyl groups excluding tert-OH is 2. The Balaban J connectivity index is 2.28. The molecule has 0 aliphatic rings. The Morgan fingerprint density at radius 3 is 2.09 bits per heavy atom. The second-order valence-corrected chi connectivity index (χ2v) is 4.85. The molecule has 4 heteroatoms. The van der Waals surface area contributed by atoms with Crippen LogP contribution in [0.2, 0.25) is 0 Å². The molecule has 0 saturated carbocycles. The lowest BCUT2D eigenvalue weighted by atomic mass is 10.0. The van der Waals surface area contributed by atoms with Gasteiger partial charge in [-0.05, 0) is 11.6 Å². The molecule has 22 heavy (non-hydrogen) atoms. The summed E-state index contributed by atoms with van der Waals surface area (Å²) in [5.41, 5.74) is 2.01. The zero-order valence-electron chi connectivity index (χ0n) is 12.6. The topological polar surface area (TPSA) is 58.9 Å². The Labute approximate surface area is 130 Å². The SMILES string of the molecule is OCCCOc1cccc(-c2ccccc2)c1OCCCO. The molecule has 0 unspecified atom stereocenters. The molecule has 0 radical (unpaired) electrons. The lowest BCUT2D eigenvalue weighted by molar-refractivity contribution is 0.211. The largest absolute Gasteiger partial charge is 0.490 e. The van der Waals surface area contributed by atoms with Gasteiger partial charge in [-0.15, -0.1) is 0 Å². The minimum absolute atomic E-state index is 0.0915. The lowest BCUT2D eigenvalue weighted by Gasteiger charge is -2.16. The van der Waals surface area contributed by atoms with Crippen LogP contribution < -0.4 is 9.47 Å². The highest BCUT2D eigenvalue weighted by atomic mass is 16.5. The molecule has 0 bridgehead atoms. The van der Waals surface area contributed by atoms with Gasteiger partial charge in [0.05, 0.1) is 13.2 Å². The maximum atomic E-state index is 8.93. The van der Waals surface area contributed by atoms with Gasteiger partial charge in [-0.3, -0.25) is 0 Å². The predicted octanol–water partition coefficient (Wildman–Crippen LogP) is 2.88.